The molecule has 0 aromatic rings. The highest BCUT2D eigenvalue weighted by atomic mass is 16.6. The van der Waals surface area contributed by atoms with Crippen molar-refractivity contribution in [3.63, 3.8) is 0 Å². The first-order chi connectivity index (χ1) is 30.0. The first-order valence-corrected chi connectivity index (χ1v) is 25.4. The highest BCUT2D eigenvalue weighted by Gasteiger charge is 2.19. The summed E-state index contributed by atoms with van der Waals surface area (Å²) < 4.78 is 16.7. The van der Waals surface area contributed by atoms with Crippen molar-refractivity contribution in [3.05, 3.63) is 72.9 Å². The Morgan fingerprint density at radius 3 is 1.08 bits per heavy atom. The molecule has 0 aromatic heterocycles. The smallest absolute Gasteiger partial charge is 0.306 e. The van der Waals surface area contributed by atoms with E-state index in [9.17, 15) is 14.4 Å². The SMILES string of the molecule is CCCC/C=C\CCCCCCCC(=O)O[C@@H](COC(=O)CCC/C=C\C/C=C\C/C=C\CCCCCCCC)COC(=O)CCCCCCC/C=C\C/C=C\CCCCC. The molecule has 0 aliphatic rings. The maximum absolute atomic E-state index is 12.7. The van der Waals surface area contributed by atoms with Crippen LogP contribution in [0, 0.1) is 0 Å². The minimum atomic E-state index is -0.804. The van der Waals surface area contributed by atoms with E-state index in [1.54, 1.807) is 0 Å². The van der Waals surface area contributed by atoms with Crippen LogP contribution in [0.2, 0.25) is 0 Å². The lowest BCUT2D eigenvalue weighted by molar-refractivity contribution is -0.167. The monoisotopic (exact) mass is 851 g/mol. The Bertz CT molecular complexity index is 1160. The Hall–Kier alpha value is -3.15. The number of carbonyl (C=O) groups is 3. The van der Waals surface area contributed by atoms with Crippen LogP contribution < -0.4 is 0 Å². The van der Waals surface area contributed by atoms with Gasteiger partial charge in [0.1, 0.15) is 13.2 Å². The molecule has 0 bridgehead atoms. The van der Waals surface area contributed by atoms with E-state index in [-0.39, 0.29) is 37.5 Å². The zero-order valence-corrected chi connectivity index (χ0v) is 39.9. The van der Waals surface area contributed by atoms with Gasteiger partial charge in [-0.15, -0.1) is 0 Å². The number of carbonyl (C=O) groups excluding carboxylic acids is 3. The largest absolute Gasteiger partial charge is 0.462 e. The van der Waals surface area contributed by atoms with Crippen LogP contribution in [0.5, 0.6) is 0 Å². The lowest BCUT2D eigenvalue weighted by Crippen LogP contribution is -2.30. The van der Waals surface area contributed by atoms with E-state index < -0.39 is 6.10 Å². The summed E-state index contributed by atoms with van der Waals surface area (Å²) >= 11 is 0. The second-order valence-corrected chi connectivity index (χ2v) is 16.7. The number of ether oxygens (including phenoxy) is 3. The molecular formula is C55H94O6. The summed E-state index contributed by atoms with van der Waals surface area (Å²) in [6.45, 7) is 6.50. The molecule has 0 aromatic carbocycles. The Morgan fingerprint density at radius 2 is 0.623 bits per heavy atom. The number of hydrogen-bond acceptors (Lipinski definition) is 6. The van der Waals surface area contributed by atoms with E-state index in [0.717, 1.165) is 96.3 Å². The molecule has 0 saturated heterocycles. The van der Waals surface area contributed by atoms with Crippen LogP contribution in [-0.2, 0) is 28.6 Å². The Labute approximate surface area is 376 Å². The molecule has 0 radical (unpaired) electrons. The quantitative estimate of drug-likeness (QED) is 0.0263. The van der Waals surface area contributed by atoms with Gasteiger partial charge in [0.05, 0.1) is 0 Å². The maximum atomic E-state index is 12.7. The number of unbranched alkanes of at least 4 members (excludes halogenated alkanes) is 22. The van der Waals surface area contributed by atoms with Gasteiger partial charge in [0.2, 0.25) is 0 Å². The average molecular weight is 851 g/mol. The minimum absolute atomic E-state index is 0.102. The highest BCUT2D eigenvalue weighted by molar-refractivity contribution is 5.71. The lowest BCUT2D eigenvalue weighted by atomic mass is 10.1. The van der Waals surface area contributed by atoms with E-state index >= 15 is 0 Å². The van der Waals surface area contributed by atoms with Crippen LogP contribution in [0.4, 0.5) is 0 Å². The van der Waals surface area contributed by atoms with Crippen molar-refractivity contribution in [1.29, 1.82) is 0 Å². The van der Waals surface area contributed by atoms with Crippen molar-refractivity contribution < 1.29 is 28.6 Å². The number of rotatable bonds is 45. The van der Waals surface area contributed by atoms with E-state index in [0.29, 0.717) is 19.3 Å². The van der Waals surface area contributed by atoms with Gasteiger partial charge in [-0.05, 0) is 103 Å². The highest BCUT2D eigenvalue weighted by Crippen LogP contribution is 2.13. The van der Waals surface area contributed by atoms with Crippen LogP contribution in [0.15, 0.2) is 72.9 Å². The van der Waals surface area contributed by atoms with Crippen LogP contribution in [0.25, 0.3) is 0 Å². The third-order valence-electron chi connectivity index (χ3n) is 10.7. The maximum Gasteiger partial charge on any atom is 0.306 e. The predicted octanol–water partition coefficient (Wildman–Crippen LogP) is 16.6. The molecule has 0 aliphatic carbocycles. The van der Waals surface area contributed by atoms with Gasteiger partial charge in [-0.3, -0.25) is 14.4 Å². The molecule has 0 amide bonds. The summed E-state index contributed by atoms with van der Waals surface area (Å²) in [6.07, 6.45) is 61.7. The van der Waals surface area contributed by atoms with Gasteiger partial charge in [0.25, 0.3) is 0 Å². The molecule has 0 spiro atoms. The standard InChI is InChI=1S/C55H94O6/c1-4-7-10-13-16-19-22-24-26-27-29-31-34-36-39-42-45-48-54(57)60-51-52(61-55(58)49-46-43-40-37-32-21-18-15-12-9-6-3)50-59-53(56)47-44-41-38-35-33-30-28-25-23-20-17-14-11-8-5-2/h15,17-18,20,24-26,28-29,31,36,39,52H,4-14,16,19,21-23,27,30,32-35,37-38,40-51H2,1-3H3/b18-15-,20-17-,26-24-,28-25-,31-29-,39-36-/t52-/m1/s1. The summed E-state index contributed by atoms with van der Waals surface area (Å²) in [4.78, 5) is 37.9. The van der Waals surface area contributed by atoms with Crippen molar-refractivity contribution in [2.45, 2.75) is 245 Å². The molecule has 6 nitrogen and oxygen atoms in total. The first kappa shape index (κ1) is 57.9. The summed E-state index contributed by atoms with van der Waals surface area (Å²) in [5, 5.41) is 0. The van der Waals surface area contributed by atoms with E-state index in [2.05, 4.69) is 93.7 Å². The van der Waals surface area contributed by atoms with E-state index in [1.165, 1.54) is 96.3 Å². The lowest BCUT2D eigenvalue weighted by Gasteiger charge is -2.18. The first-order valence-electron chi connectivity index (χ1n) is 25.4. The van der Waals surface area contributed by atoms with Gasteiger partial charge in [-0.2, -0.15) is 0 Å². The predicted molar refractivity (Wildman–Crippen MR) is 261 cm³/mol. The van der Waals surface area contributed by atoms with Crippen LogP contribution >= 0.6 is 0 Å². The molecule has 0 N–H and O–H groups in total. The third-order valence-corrected chi connectivity index (χ3v) is 10.7. The average Bonchev–Trinajstić information content (AvgIpc) is 3.26. The van der Waals surface area contributed by atoms with E-state index in [4.69, 9.17) is 14.2 Å². The van der Waals surface area contributed by atoms with Crippen LogP contribution in [0.1, 0.15) is 239 Å². The fourth-order valence-electron chi connectivity index (χ4n) is 6.76. The number of allylic oxidation sites excluding steroid dienone is 12. The summed E-state index contributed by atoms with van der Waals surface area (Å²) in [7, 11) is 0. The zero-order valence-electron chi connectivity index (χ0n) is 39.9. The molecule has 0 aliphatic heterocycles. The Balaban J connectivity index is 4.46. The summed E-state index contributed by atoms with van der Waals surface area (Å²) in [5.41, 5.74) is 0. The zero-order chi connectivity index (χ0) is 44.4. The molecule has 6 heteroatoms. The fourth-order valence-corrected chi connectivity index (χ4v) is 6.76. The molecule has 61 heavy (non-hydrogen) atoms. The van der Waals surface area contributed by atoms with Gasteiger partial charge < -0.3 is 14.2 Å². The second kappa shape index (κ2) is 49.5. The molecule has 1 atom stereocenters. The molecule has 0 heterocycles. The fraction of sp³-hybridized carbons (Fsp3) is 0.727. The molecule has 0 fully saturated rings. The Morgan fingerprint density at radius 1 is 0.328 bits per heavy atom. The molecule has 0 saturated carbocycles. The van der Waals surface area contributed by atoms with E-state index in [1.807, 2.05) is 0 Å². The minimum Gasteiger partial charge on any atom is -0.462 e. The van der Waals surface area contributed by atoms with Crippen molar-refractivity contribution in [2.24, 2.45) is 0 Å². The van der Waals surface area contributed by atoms with Gasteiger partial charge in [0, 0.05) is 19.3 Å². The van der Waals surface area contributed by atoms with Crippen molar-refractivity contribution in [1.82, 2.24) is 0 Å². The Kier molecular flexibility index (Phi) is 46.9. The normalized spacial score (nSPS) is 12.6. The second-order valence-electron chi connectivity index (χ2n) is 16.7. The molecule has 350 valence electrons. The molecule has 0 unspecified atom stereocenters. The molecule has 0 rings (SSSR count). The number of esters is 3. The summed E-state index contributed by atoms with van der Waals surface area (Å²) in [5.74, 6) is -0.980. The third kappa shape index (κ3) is 47.7. The number of hydrogen-bond donors (Lipinski definition) is 0. The van der Waals surface area contributed by atoms with Gasteiger partial charge in [-0.25, -0.2) is 0 Å². The topological polar surface area (TPSA) is 78.9 Å². The van der Waals surface area contributed by atoms with Crippen LogP contribution in [0.3, 0.4) is 0 Å². The van der Waals surface area contributed by atoms with Crippen molar-refractivity contribution in [3.8, 4) is 0 Å². The van der Waals surface area contributed by atoms with Gasteiger partial charge in [-0.1, -0.05) is 190 Å². The molecular weight excluding hydrogens is 757 g/mol. The van der Waals surface area contributed by atoms with Crippen LogP contribution in [-0.4, -0.2) is 37.2 Å². The van der Waals surface area contributed by atoms with Crippen molar-refractivity contribution in [2.75, 3.05) is 13.2 Å². The van der Waals surface area contributed by atoms with Gasteiger partial charge >= 0.3 is 17.9 Å². The summed E-state index contributed by atoms with van der Waals surface area (Å²) in [6, 6.07) is 0. The van der Waals surface area contributed by atoms with Crippen molar-refractivity contribution >= 4 is 17.9 Å². The van der Waals surface area contributed by atoms with Gasteiger partial charge in [0.15, 0.2) is 6.10 Å².